The van der Waals surface area contributed by atoms with E-state index in [1.807, 2.05) is 4.72 Å². The van der Waals surface area contributed by atoms with Crippen molar-refractivity contribution >= 4 is 21.4 Å². The summed E-state index contributed by atoms with van der Waals surface area (Å²) in [5.74, 6) is -1.27. The van der Waals surface area contributed by atoms with E-state index in [0.29, 0.717) is 0 Å². The molecule has 0 aromatic heterocycles. The summed E-state index contributed by atoms with van der Waals surface area (Å²) in [4.78, 5) is 9.70. The van der Waals surface area contributed by atoms with Gasteiger partial charge < -0.3 is 0 Å². The number of halogens is 1. The molecule has 0 aliphatic carbocycles. The standard InChI is InChI=1S/C8H9FN2O4S/c1-2-16(14,15)10-8-6(9)4-3-5-7(8)11(12)13/h3-5,10H,2H2,1H3. The molecule has 0 amide bonds. The first kappa shape index (κ1) is 12.4. The second-order valence-electron chi connectivity index (χ2n) is 2.90. The molecular formula is C8H9FN2O4S. The molecule has 0 fully saturated rings. The smallest absolute Gasteiger partial charge is 0.275 e. The van der Waals surface area contributed by atoms with Crippen LogP contribution in [-0.4, -0.2) is 19.1 Å². The molecule has 0 aliphatic rings. The Morgan fingerprint density at radius 1 is 1.50 bits per heavy atom. The van der Waals surface area contributed by atoms with Crippen LogP contribution in [0.5, 0.6) is 0 Å². The van der Waals surface area contributed by atoms with Crippen molar-refractivity contribution in [2.45, 2.75) is 6.92 Å². The number of hydrogen-bond donors (Lipinski definition) is 1. The Balaban J connectivity index is 3.27. The zero-order chi connectivity index (χ0) is 12.3. The van der Waals surface area contributed by atoms with Crippen LogP contribution >= 0.6 is 0 Å². The van der Waals surface area contributed by atoms with Gasteiger partial charge in [0.05, 0.1) is 10.7 Å². The van der Waals surface area contributed by atoms with Crippen LogP contribution in [-0.2, 0) is 10.0 Å². The normalized spacial score (nSPS) is 11.1. The van der Waals surface area contributed by atoms with E-state index in [9.17, 15) is 22.9 Å². The molecular weight excluding hydrogens is 239 g/mol. The fourth-order valence-electron chi connectivity index (χ4n) is 0.994. The number of nitrogens with one attached hydrogen (secondary N) is 1. The number of hydrogen-bond acceptors (Lipinski definition) is 4. The van der Waals surface area contributed by atoms with E-state index in [1.165, 1.54) is 6.92 Å². The van der Waals surface area contributed by atoms with Gasteiger partial charge in [-0.2, -0.15) is 0 Å². The van der Waals surface area contributed by atoms with Crippen LogP contribution in [0.4, 0.5) is 15.8 Å². The Hall–Kier alpha value is -1.70. The van der Waals surface area contributed by atoms with E-state index in [-0.39, 0.29) is 5.75 Å². The maximum absolute atomic E-state index is 13.2. The number of para-hydroxylation sites is 1. The molecule has 16 heavy (non-hydrogen) atoms. The lowest BCUT2D eigenvalue weighted by atomic mass is 10.2. The van der Waals surface area contributed by atoms with Gasteiger partial charge in [0.1, 0.15) is 0 Å². The van der Waals surface area contributed by atoms with Crippen LogP contribution in [0.1, 0.15) is 6.92 Å². The topological polar surface area (TPSA) is 89.3 Å². The minimum absolute atomic E-state index is 0.293. The van der Waals surface area contributed by atoms with Crippen LogP contribution in [0.2, 0.25) is 0 Å². The summed E-state index contributed by atoms with van der Waals surface area (Å²) in [6.07, 6.45) is 0. The first-order valence-electron chi connectivity index (χ1n) is 4.30. The number of nitrogens with zero attached hydrogens (tertiary/aromatic N) is 1. The molecule has 0 bridgehead atoms. The SMILES string of the molecule is CCS(=O)(=O)Nc1c(F)cccc1[N+](=O)[O-]. The van der Waals surface area contributed by atoms with E-state index in [0.717, 1.165) is 18.2 Å². The van der Waals surface area contributed by atoms with Crippen LogP contribution in [0.25, 0.3) is 0 Å². The van der Waals surface area contributed by atoms with Crippen molar-refractivity contribution in [2.24, 2.45) is 0 Å². The highest BCUT2D eigenvalue weighted by molar-refractivity contribution is 7.92. The van der Waals surface area contributed by atoms with Crippen molar-refractivity contribution in [1.82, 2.24) is 0 Å². The predicted molar refractivity (Wildman–Crippen MR) is 56.1 cm³/mol. The molecule has 0 aliphatic heterocycles. The quantitative estimate of drug-likeness (QED) is 0.645. The van der Waals surface area contributed by atoms with Crippen molar-refractivity contribution in [3.63, 3.8) is 0 Å². The molecule has 6 nitrogen and oxygen atoms in total. The van der Waals surface area contributed by atoms with Crippen LogP contribution in [0.3, 0.4) is 0 Å². The predicted octanol–water partition coefficient (Wildman–Crippen LogP) is 1.50. The molecule has 0 unspecified atom stereocenters. The lowest BCUT2D eigenvalue weighted by molar-refractivity contribution is -0.384. The van der Waals surface area contributed by atoms with Gasteiger partial charge in [-0.05, 0) is 13.0 Å². The number of benzene rings is 1. The molecule has 88 valence electrons. The summed E-state index contributed by atoms with van der Waals surface area (Å²) in [7, 11) is -3.75. The molecule has 8 heteroatoms. The molecule has 1 aromatic rings. The van der Waals surface area contributed by atoms with Gasteiger partial charge in [0.25, 0.3) is 5.69 Å². The lowest BCUT2D eigenvalue weighted by Crippen LogP contribution is -2.16. The fraction of sp³-hybridized carbons (Fsp3) is 0.250. The molecule has 0 spiro atoms. The number of anilines is 1. The van der Waals surface area contributed by atoms with Gasteiger partial charge in [0.2, 0.25) is 10.0 Å². The molecule has 1 N–H and O–H groups in total. The average molecular weight is 248 g/mol. The Kier molecular flexibility index (Phi) is 3.43. The average Bonchev–Trinajstić information content (AvgIpc) is 2.20. The summed E-state index contributed by atoms with van der Waals surface area (Å²) in [6.45, 7) is 1.34. The summed E-state index contributed by atoms with van der Waals surface area (Å²) >= 11 is 0. The Morgan fingerprint density at radius 3 is 2.62 bits per heavy atom. The second-order valence-corrected chi connectivity index (χ2v) is 4.91. The van der Waals surface area contributed by atoms with Crippen molar-refractivity contribution in [3.05, 3.63) is 34.1 Å². The van der Waals surface area contributed by atoms with Crippen LogP contribution in [0.15, 0.2) is 18.2 Å². The highest BCUT2D eigenvalue weighted by Gasteiger charge is 2.21. The van der Waals surface area contributed by atoms with Gasteiger partial charge in [-0.15, -0.1) is 0 Å². The first-order valence-corrected chi connectivity index (χ1v) is 5.96. The van der Waals surface area contributed by atoms with Gasteiger partial charge >= 0.3 is 0 Å². The third-order valence-corrected chi connectivity index (χ3v) is 3.10. The molecule has 0 saturated carbocycles. The third-order valence-electron chi connectivity index (χ3n) is 1.83. The zero-order valence-corrected chi connectivity index (χ0v) is 9.12. The van der Waals surface area contributed by atoms with Crippen molar-refractivity contribution in [1.29, 1.82) is 0 Å². The van der Waals surface area contributed by atoms with E-state index in [2.05, 4.69) is 0 Å². The minimum atomic E-state index is -3.75. The number of nitro benzene ring substituents is 1. The van der Waals surface area contributed by atoms with Crippen LogP contribution in [0, 0.1) is 15.9 Å². The van der Waals surface area contributed by atoms with Crippen molar-refractivity contribution in [3.8, 4) is 0 Å². The molecule has 0 saturated heterocycles. The van der Waals surface area contributed by atoms with E-state index >= 15 is 0 Å². The van der Waals surface area contributed by atoms with Crippen LogP contribution < -0.4 is 4.72 Å². The molecule has 0 atom stereocenters. The molecule has 1 rings (SSSR count). The third kappa shape index (κ3) is 2.66. The summed E-state index contributed by atoms with van der Waals surface area (Å²) in [5, 5.41) is 10.6. The first-order chi connectivity index (χ1) is 7.37. The summed E-state index contributed by atoms with van der Waals surface area (Å²) < 4.78 is 37.5. The zero-order valence-electron chi connectivity index (χ0n) is 8.31. The Bertz CT molecular complexity index is 515. The number of rotatable bonds is 4. The maximum atomic E-state index is 13.2. The fourth-order valence-corrected chi connectivity index (χ4v) is 1.65. The monoisotopic (exact) mass is 248 g/mol. The minimum Gasteiger partial charge on any atom is -0.275 e. The Labute approximate surface area is 91.3 Å². The van der Waals surface area contributed by atoms with Gasteiger partial charge in [-0.25, -0.2) is 12.8 Å². The molecule has 1 aromatic carbocycles. The second kappa shape index (κ2) is 4.44. The molecule has 0 radical (unpaired) electrons. The number of sulfonamides is 1. The van der Waals surface area contributed by atoms with Crippen molar-refractivity contribution < 1.29 is 17.7 Å². The van der Waals surface area contributed by atoms with Crippen molar-refractivity contribution in [2.75, 3.05) is 10.5 Å². The largest absolute Gasteiger partial charge is 0.296 e. The number of nitro groups is 1. The molecule has 0 heterocycles. The van der Waals surface area contributed by atoms with E-state index in [1.54, 1.807) is 0 Å². The van der Waals surface area contributed by atoms with Gasteiger partial charge in [-0.1, -0.05) is 6.07 Å². The van der Waals surface area contributed by atoms with E-state index < -0.39 is 32.1 Å². The maximum Gasteiger partial charge on any atom is 0.296 e. The Morgan fingerprint density at radius 2 is 2.12 bits per heavy atom. The van der Waals surface area contributed by atoms with E-state index in [4.69, 9.17) is 0 Å². The highest BCUT2D eigenvalue weighted by atomic mass is 32.2. The summed E-state index contributed by atoms with van der Waals surface area (Å²) in [5.41, 5.74) is -1.24. The summed E-state index contributed by atoms with van der Waals surface area (Å²) in [6, 6.07) is 3.11. The van der Waals surface area contributed by atoms with Gasteiger partial charge in [0, 0.05) is 6.07 Å². The highest BCUT2D eigenvalue weighted by Crippen LogP contribution is 2.27. The lowest BCUT2D eigenvalue weighted by Gasteiger charge is -2.07. The van der Waals surface area contributed by atoms with Gasteiger partial charge in [0.15, 0.2) is 11.5 Å². The van der Waals surface area contributed by atoms with Gasteiger partial charge in [-0.3, -0.25) is 14.8 Å².